The molecule has 0 saturated carbocycles. The van der Waals surface area contributed by atoms with Crippen molar-refractivity contribution in [2.24, 2.45) is 0 Å². The molecule has 11 heteroatoms. The van der Waals surface area contributed by atoms with Crippen molar-refractivity contribution in [2.75, 3.05) is 19.0 Å². The summed E-state index contributed by atoms with van der Waals surface area (Å²) in [6, 6.07) is 14.9. The standard InChI is InChI=1S/C26H19F2IN2O5S/c1-35-21-10-15(9-20(29)24(21)36-14-16-5-2-3-8-19(16)28)11-22-25(33)31(26(34)37-22)13-23(32)30-18-7-4-6-17(27)12-18/h2-12H,13-14H2,1H3,(H,30,32)/b22-11+. The second-order valence-corrected chi connectivity index (χ2v) is 9.90. The summed E-state index contributed by atoms with van der Waals surface area (Å²) in [5, 5.41) is 1.86. The molecule has 1 saturated heterocycles. The van der Waals surface area contributed by atoms with Gasteiger partial charge in [-0.25, -0.2) is 8.78 Å². The summed E-state index contributed by atoms with van der Waals surface area (Å²) in [7, 11) is 1.45. The minimum Gasteiger partial charge on any atom is -0.493 e. The van der Waals surface area contributed by atoms with Crippen molar-refractivity contribution < 1.29 is 32.6 Å². The number of carbonyl (C=O) groups is 3. The molecule has 7 nitrogen and oxygen atoms in total. The van der Waals surface area contributed by atoms with Gasteiger partial charge in [0.05, 0.1) is 15.6 Å². The zero-order valence-corrected chi connectivity index (χ0v) is 22.3. The van der Waals surface area contributed by atoms with Crippen LogP contribution >= 0.6 is 34.4 Å². The Morgan fingerprint density at radius 3 is 2.62 bits per heavy atom. The third-order valence-corrected chi connectivity index (χ3v) is 6.87. The number of imide groups is 1. The average Bonchev–Trinajstić information content (AvgIpc) is 3.11. The number of hydrogen-bond donors (Lipinski definition) is 1. The summed E-state index contributed by atoms with van der Waals surface area (Å²) in [5.41, 5.74) is 1.17. The largest absolute Gasteiger partial charge is 0.493 e. The van der Waals surface area contributed by atoms with E-state index in [1.165, 1.54) is 37.5 Å². The van der Waals surface area contributed by atoms with E-state index in [1.807, 2.05) is 22.6 Å². The Morgan fingerprint density at radius 2 is 1.89 bits per heavy atom. The van der Waals surface area contributed by atoms with Crippen LogP contribution < -0.4 is 14.8 Å². The molecule has 0 spiro atoms. The first-order valence-electron chi connectivity index (χ1n) is 10.8. The van der Waals surface area contributed by atoms with E-state index >= 15 is 0 Å². The Morgan fingerprint density at radius 1 is 1.11 bits per heavy atom. The summed E-state index contributed by atoms with van der Waals surface area (Å²) in [6.07, 6.45) is 1.51. The SMILES string of the molecule is COc1cc(/C=C2/SC(=O)N(CC(=O)Nc3cccc(F)c3)C2=O)cc(I)c1OCc1ccccc1F. The van der Waals surface area contributed by atoms with Crippen LogP contribution in [-0.4, -0.2) is 35.6 Å². The second kappa shape index (κ2) is 11.7. The zero-order valence-electron chi connectivity index (χ0n) is 19.3. The van der Waals surface area contributed by atoms with E-state index in [0.717, 1.165) is 11.0 Å². The third kappa shape index (κ3) is 6.46. The van der Waals surface area contributed by atoms with Crippen molar-refractivity contribution in [3.05, 3.63) is 91.9 Å². The molecular formula is C26H19F2IN2O5S. The number of benzene rings is 3. The van der Waals surface area contributed by atoms with Crippen molar-refractivity contribution >= 4 is 63.2 Å². The minimum atomic E-state index is -0.637. The van der Waals surface area contributed by atoms with Crippen LogP contribution in [-0.2, 0) is 16.2 Å². The first kappa shape index (κ1) is 26.6. The quantitative estimate of drug-likeness (QED) is 0.248. The maximum atomic E-state index is 13.9. The molecule has 0 unspecified atom stereocenters. The lowest BCUT2D eigenvalue weighted by atomic mass is 10.1. The number of anilines is 1. The molecule has 190 valence electrons. The lowest BCUT2D eigenvalue weighted by molar-refractivity contribution is -0.127. The van der Waals surface area contributed by atoms with E-state index in [4.69, 9.17) is 9.47 Å². The average molecular weight is 636 g/mol. The molecule has 1 aliphatic rings. The van der Waals surface area contributed by atoms with E-state index in [0.29, 0.717) is 38.0 Å². The van der Waals surface area contributed by atoms with E-state index in [1.54, 1.807) is 30.3 Å². The Kier molecular flexibility index (Phi) is 8.44. The molecule has 3 aromatic carbocycles. The van der Waals surface area contributed by atoms with Gasteiger partial charge in [0.25, 0.3) is 11.1 Å². The van der Waals surface area contributed by atoms with Crippen LogP contribution in [0.2, 0.25) is 0 Å². The lowest BCUT2D eigenvalue weighted by Crippen LogP contribution is -2.36. The fraction of sp³-hybridized carbons (Fsp3) is 0.115. The van der Waals surface area contributed by atoms with Gasteiger partial charge in [-0.15, -0.1) is 0 Å². The maximum absolute atomic E-state index is 13.9. The summed E-state index contributed by atoms with van der Waals surface area (Å²) >= 11 is 2.74. The van der Waals surface area contributed by atoms with Crippen molar-refractivity contribution in [3.63, 3.8) is 0 Å². The third-order valence-electron chi connectivity index (χ3n) is 5.16. The molecule has 4 rings (SSSR count). The van der Waals surface area contributed by atoms with Gasteiger partial charge in [-0.2, -0.15) is 0 Å². The van der Waals surface area contributed by atoms with Crippen LogP contribution in [0.5, 0.6) is 11.5 Å². The fourth-order valence-electron chi connectivity index (χ4n) is 3.43. The number of methoxy groups -OCH3 is 1. The van der Waals surface area contributed by atoms with Crippen LogP contribution in [0.4, 0.5) is 19.3 Å². The molecule has 0 aliphatic carbocycles. The van der Waals surface area contributed by atoms with Crippen LogP contribution in [0.1, 0.15) is 11.1 Å². The van der Waals surface area contributed by atoms with Gasteiger partial charge >= 0.3 is 0 Å². The smallest absolute Gasteiger partial charge is 0.294 e. The first-order chi connectivity index (χ1) is 17.7. The molecule has 0 atom stereocenters. The highest BCUT2D eigenvalue weighted by atomic mass is 127. The predicted molar refractivity (Wildman–Crippen MR) is 144 cm³/mol. The number of amides is 3. The number of ether oxygens (including phenoxy) is 2. The molecule has 37 heavy (non-hydrogen) atoms. The molecule has 0 aromatic heterocycles. The monoisotopic (exact) mass is 636 g/mol. The highest BCUT2D eigenvalue weighted by Crippen LogP contribution is 2.37. The van der Waals surface area contributed by atoms with Gasteiger partial charge in [0.1, 0.15) is 24.8 Å². The second-order valence-electron chi connectivity index (χ2n) is 7.74. The maximum Gasteiger partial charge on any atom is 0.294 e. The molecule has 0 radical (unpaired) electrons. The summed E-state index contributed by atoms with van der Waals surface area (Å²) in [5.74, 6) is -1.40. The molecule has 1 aliphatic heterocycles. The molecular weight excluding hydrogens is 617 g/mol. The van der Waals surface area contributed by atoms with E-state index < -0.39 is 29.4 Å². The van der Waals surface area contributed by atoms with Crippen molar-refractivity contribution in [1.29, 1.82) is 0 Å². The van der Waals surface area contributed by atoms with Gasteiger partial charge in [0.15, 0.2) is 11.5 Å². The normalized spacial score (nSPS) is 14.3. The number of thioether (sulfide) groups is 1. The molecule has 3 aromatic rings. The zero-order chi connectivity index (χ0) is 26.5. The Bertz CT molecular complexity index is 1420. The molecule has 1 N–H and O–H groups in total. The minimum absolute atomic E-state index is 0.00500. The van der Waals surface area contributed by atoms with Crippen LogP contribution in [0.3, 0.4) is 0 Å². The number of halogens is 3. The molecule has 0 bridgehead atoms. The topological polar surface area (TPSA) is 84.9 Å². The Labute approximate surface area is 229 Å². The Hall–Kier alpha value is -3.45. The van der Waals surface area contributed by atoms with Gasteiger partial charge in [0.2, 0.25) is 5.91 Å². The number of hydrogen-bond acceptors (Lipinski definition) is 6. The van der Waals surface area contributed by atoms with Crippen LogP contribution in [0.25, 0.3) is 6.08 Å². The summed E-state index contributed by atoms with van der Waals surface area (Å²) in [4.78, 5) is 38.5. The van der Waals surface area contributed by atoms with Crippen molar-refractivity contribution in [1.82, 2.24) is 4.90 Å². The van der Waals surface area contributed by atoms with Crippen LogP contribution in [0.15, 0.2) is 65.6 Å². The fourth-order valence-corrected chi connectivity index (χ4v) is 5.05. The number of nitrogens with zero attached hydrogens (tertiary/aromatic N) is 1. The van der Waals surface area contributed by atoms with Crippen molar-refractivity contribution in [2.45, 2.75) is 6.61 Å². The number of rotatable bonds is 8. The summed E-state index contributed by atoms with van der Waals surface area (Å²) < 4.78 is 39.2. The van der Waals surface area contributed by atoms with E-state index in [-0.39, 0.29) is 23.0 Å². The molecule has 3 amide bonds. The first-order valence-corrected chi connectivity index (χ1v) is 12.7. The predicted octanol–water partition coefficient (Wildman–Crippen LogP) is 5.83. The lowest BCUT2D eigenvalue weighted by Gasteiger charge is -2.14. The van der Waals surface area contributed by atoms with Gasteiger partial charge in [-0.3, -0.25) is 19.3 Å². The highest BCUT2D eigenvalue weighted by molar-refractivity contribution is 14.1. The highest BCUT2D eigenvalue weighted by Gasteiger charge is 2.36. The number of carbonyl (C=O) groups excluding carboxylic acids is 3. The number of nitrogens with one attached hydrogen (secondary N) is 1. The van der Waals surface area contributed by atoms with Gasteiger partial charge in [0, 0.05) is 11.3 Å². The van der Waals surface area contributed by atoms with Gasteiger partial charge in [-0.1, -0.05) is 24.3 Å². The van der Waals surface area contributed by atoms with Crippen LogP contribution in [0, 0.1) is 15.2 Å². The van der Waals surface area contributed by atoms with E-state index in [9.17, 15) is 23.2 Å². The van der Waals surface area contributed by atoms with E-state index in [2.05, 4.69) is 5.32 Å². The van der Waals surface area contributed by atoms with Gasteiger partial charge in [-0.05, 0) is 82.4 Å². The molecule has 1 heterocycles. The Balaban J connectivity index is 1.48. The van der Waals surface area contributed by atoms with Crippen molar-refractivity contribution in [3.8, 4) is 11.5 Å². The molecule has 1 fully saturated rings. The van der Waals surface area contributed by atoms with Gasteiger partial charge < -0.3 is 14.8 Å². The summed E-state index contributed by atoms with van der Waals surface area (Å²) in [6.45, 7) is -0.517.